The molecule has 1 aromatic carbocycles. The molecule has 0 saturated carbocycles. The molecule has 0 aliphatic carbocycles. The van der Waals surface area contributed by atoms with Crippen LogP contribution in [0.3, 0.4) is 0 Å². The number of carbonyl (C=O) groups excluding carboxylic acids is 3. The van der Waals surface area contributed by atoms with Gasteiger partial charge < -0.3 is 19.6 Å². The number of ether oxygens (including phenoxy) is 1. The zero-order chi connectivity index (χ0) is 29.6. The Morgan fingerprint density at radius 3 is 2.63 bits per heavy atom. The number of para-hydroxylation sites is 1. The molecule has 1 aromatic rings. The lowest BCUT2D eigenvalue weighted by Gasteiger charge is -2.40. The Bertz CT molecular complexity index is 1130. The molecule has 1 spiro atoms. The van der Waals surface area contributed by atoms with Crippen LogP contribution in [0.25, 0.3) is 0 Å². The van der Waals surface area contributed by atoms with Crippen LogP contribution in [-0.4, -0.2) is 70.1 Å². The minimum atomic E-state index is -0.732. The molecular weight excluding hydrogens is 560 g/mol. The average Bonchev–Trinajstić information content (AvgIpc) is 3.55. The fourth-order valence-corrected chi connectivity index (χ4v) is 9.61. The van der Waals surface area contributed by atoms with Crippen molar-refractivity contribution >= 4 is 46.8 Å². The van der Waals surface area contributed by atoms with Gasteiger partial charge in [-0.1, -0.05) is 55.7 Å². The van der Waals surface area contributed by atoms with Gasteiger partial charge in [-0.2, -0.15) is 0 Å². The second-order valence-corrected chi connectivity index (χ2v) is 13.3. The highest BCUT2D eigenvalue weighted by atomic mass is 35.5. The van der Waals surface area contributed by atoms with Gasteiger partial charge in [-0.05, 0) is 56.6 Å². The molecular formula is C32H43ClN2O5S. The Morgan fingerprint density at radius 2 is 1.93 bits per heavy atom. The Labute approximate surface area is 253 Å². The summed E-state index contributed by atoms with van der Waals surface area (Å²) in [7, 11) is 0. The number of carbonyl (C=O) groups is 3. The minimum Gasteiger partial charge on any atom is -0.465 e. The zero-order valence-electron chi connectivity index (χ0n) is 24.0. The summed E-state index contributed by atoms with van der Waals surface area (Å²) in [6.07, 6.45) is 9.89. The summed E-state index contributed by atoms with van der Waals surface area (Å²) in [5.74, 6) is -1.75. The van der Waals surface area contributed by atoms with Gasteiger partial charge in [-0.25, -0.2) is 0 Å². The topological polar surface area (TPSA) is 87.1 Å². The highest BCUT2D eigenvalue weighted by Crippen LogP contribution is 2.69. The number of anilines is 1. The molecule has 3 aliphatic rings. The number of halogens is 1. The monoisotopic (exact) mass is 602 g/mol. The van der Waals surface area contributed by atoms with Crippen LogP contribution in [-0.2, 0) is 19.1 Å². The number of thioether (sulfide) groups is 1. The van der Waals surface area contributed by atoms with Crippen molar-refractivity contribution in [2.24, 2.45) is 17.8 Å². The fraction of sp³-hybridized carbons (Fsp3) is 0.594. The quantitative estimate of drug-likeness (QED) is 0.149. The van der Waals surface area contributed by atoms with E-state index in [1.54, 1.807) is 33.7 Å². The summed E-state index contributed by atoms with van der Waals surface area (Å²) < 4.78 is 5.01. The van der Waals surface area contributed by atoms with Crippen LogP contribution < -0.4 is 4.90 Å². The van der Waals surface area contributed by atoms with Gasteiger partial charge >= 0.3 is 5.97 Å². The van der Waals surface area contributed by atoms with Crippen molar-refractivity contribution in [1.29, 1.82) is 0 Å². The van der Waals surface area contributed by atoms with Gasteiger partial charge in [0, 0.05) is 24.9 Å². The van der Waals surface area contributed by atoms with Crippen molar-refractivity contribution in [3.8, 4) is 0 Å². The van der Waals surface area contributed by atoms with Crippen LogP contribution in [0.5, 0.6) is 0 Å². The third-order valence-electron chi connectivity index (χ3n) is 8.83. The van der Waals surface area contributed by atoms with Gasteiger partial charge in [0.1, 0.15) is 6.04 Å². The van der Waals surface area contributed by atoms with E-state index in [4.69, 9.17) is 16.3 Å². The molecule has 4 rings (SSSR count). The summed E-state index contributed by atoms with van der Waals surface area (Å²) >= 11 is 8.21. The smallest absolute Gasteiger partial charge is 0.310 e. The number of unbranched alkanes of at least 4 members (excludes halogenated alkanes) is 5. The summed E-state index contributed by atoms with van der Waals surface area (Å²) in [6.45, 7) is 10.9. The van der Waals surface area contributed by atoms with Gasteiger partial charge in [-0.3, -0.25) is 14.4 Å². The number of benzene rings is 1. The maximum absolute atomic E-state index is 14.7. The van der Waals surface area contributed by atoms with E-state index in [1.165, 1.54) is 0 Å². The lowest BCUT2D eigenvalue weighted by Crippen LogP contribution is -2.57. The van der Waals surface area contributed by atoms with E-state index >= 15 is 0 Å². The Morgan fingerprint density at radius 1 is 1.17 bits per heavy atom. The predicted molar refractivity (Wildman–Crippen MR) is 165 cm³/mol. The molecule has 3 fully saturated rings. The molecule has 3 heterocycles. The Kier molecular flexibility index (Phi) is 11.0. The number of hydrogen-bond acceptors (Lipinski definition) is 6. The van der Waals surface area contributed by atoms with E-state index in [0.717, 1.165) is 38.5 Å². The van der Waals surface area contributed by atoms with Crippen LogP contribution in [0.4, 0.5) is 5.69 Å². The van der Waals surface area contributed by atoms with Crippen molar-refractivity contribution in [1.82, 2.24) is 4.90 Å². The fourth-order valence-electron chi connectivity index (χ4n) is 6.97. The van der Waals surface area contributed by atoms with E-state index in [9.17, 15) is 19.5 Å². The number of esters is 1. The molecule has 0 aromatic heterocycles. The van der Waals surface area contributed by atoms with Crippen LogP contribution in [0, 0.1) is 17.8 Å². The largest absolute Gasteiger partial charge is 0.465 e. The number of hydrogen-bond donors (Lipinski definition) is 1. The van der Waals surface area contributed by atoms with Crippen LogP contribution in [0.1, 0.15) is 58.3 Å². The number of fused-ring (bicyclic) bond motifs is 1. The van der Waals surface area contributed by atoms with Gasteiger partial charge in [0.2, 0.25) is 5.91 Å². The second-order valence-electron chi connectivity index (χ2n) is 11.4. The van der Waals surface area contributed by atoms with Crippen LogP contribution >= 0.6 is 23.4 Å². The first-order valence-electron chi connectivity index (χ1n) is 14.9. The van der Waals surface area contributed by atoms with E-state index in [2.05, 4.69) is 20.1 Å². The molecule has 1 N–H and O–H groups in total. The summed E-state index contributed by atoms with van der Waals surface area (Å²) in [5, 5.41) is 9.58. The van der Waals surface area contributed by atoms with Crippen molar-refractivity contribution < 1.29 is 24.2 Å². The minimum absolute atomic E-state index is 0.0604. The number of likely N-dealkylation sites (tertiary alicyclic amines) is 1. The van der Waals surface area contributed by atoms with Gasteiger partial charge in [-0.15, -0.1) is 24.9 Å². The van der Waals surface area contributed by atoms with Gasteiger partial charge in [0.25, 0.3) is 5.91 Å². The van der Waals surface area contributed by atoms with E-state index in [0.29, 0.717) is 36.7 Å². The highest BCUT2D eigenvalue weighted by molar-refractivity contribution is 8.02. The Balaban J connectivity index is 1.67. The molecule has 3 saturated heterocycles. The van der Waals surface area contributed by atoms with Crippen molar-refractivity contribution in [3.63, 3.8) is 0 Å². The third kappa shape index (κ3) is 6.11. The van der Waals surface area contributed by atoms with Crippen LogP contribution in [0.2, 0.25) is 5.02 Å². The summed E-state index contributed by atoms with van der Waals surface area (Å²) in [5.41, 5.74) is 0.579. The maximum Gasteiger partial charge on any atom is 0.310 e. The average molecular weight is 603 g/mol. The van der Waals surface area contributed by atoms with Crippen molar-refractivity contribution in [2.45, 2.75) is 74.3 Å². The normalized spacial score (nSPS) is 28.0. The van der Waals surface area contributed by atoms with E-state index in [-0.39, 0.29) is 42.1 Å². The lowest BCUT2D eigenvalue weighted by molar-refractivity contribution is -0.154. The number of rotatable bonds is 16. The third-order valence-corrected chi connectivity index (χ3v) is 11.2. The standard InChI is InChI=1S/C32H43ClN2O5S/c1-4-6-7-14-20-40-31(39)26-25-21-22(3)32(41-25)27(26)29(37)35(18-12-8-9-13-19-36)28(32)30(38)34(17-5-2)24-16-11-10-15-23(24)33/h4-5,10-11,15-16,22,25-28,36H,1-2,6-9,12-14,17-21H2,3H3/t22?,25-,26+,27+,28?,32?/m1/s1. The highest BCUT2D eigenvalue weighted by Gasteiger charge is 2.76. The molecule has 3 unspecified atom stereocenters. The van der Waals surface area contributed by atoms with Gasteiger partial charge in [0.15, 0.2) is 0 Å². The molecule has 2 bridgehead atoms. The molecule has 41 heavy (non-hydrogen) atoms. The number of aliphatic hydroxyl groups excluding tert-OH is 1. The molecule has 2 amide bonds. The number of allylic oxidation sites excluding steroid dienone is 1. The number of aliphatic hydroxyl groups is 1. The lowest BCUT2D eigenvalue weighted by atomic mass is 9.66. The van der Waals surface area contributed by atoms with Crippen molar-refractivity contribution in [3.05, 3.63) is 54.6 Å². The first-order chi connectivity index (χ1) is 19.8. The second kappa shape index (κ2) is 14.3. The predicted octanol–water partition coefficient (Wildman–Crippen LogP) is 5.65. The number of amides is 2. The zero-order valence-corrected chi connectivity index (χ0v) is 25.6. The molecule has 3 aliphatic heterocycles. The summed E-state index contributed by atoms with van der Waals surface area (Å²) in [6, 6.07) is 6.48. The number of nitrogens with zero attached hydrogens (tertiary/aromatic N) is 2. The van der Waals surface area contributed by atoms with E-state index in [1.807, 2.05) is 24.3 Å². The summed E-state index contributed by atoms with van der Waals surface area (Å²) in [4.78, 5) is 45.8. The SMILES string of the molecule is C=CCCCCOC(=O)[C@@H]1[C@H]2C(=O)N(CCCCCCO)C(C(=O)N(CC=C)c3ccccc3Cl)C23S[C@@H]1CC3C. The van der Waals surface area contributed by atoms with Gasteiger partial charge in [0.05, 0.1) is 33.9 Å². The molecule has 9 heteroatoms. The molecule has 0 radical (unpaired) electrons. The molecule has 6 atom stereocenters. The molecule has 224 valence electrons. The molecule has 7 nitrogen and oxygen atoms in total. The first-order valence-corrected chi connectivity index (χ1v) is 16.1. The maximum atomic E-state index is 14.7. The first kappa shape index (κ1) is 31.6. The van der Waals surface area contributed by atoms with Crippen LogP contribution in [0.15, 0.2) is 49.6 Å². The van der Waals surface area contributed by atoms with E-state index < -0.39 is 22.6 Å². The Hall–Kier alpha value is -2.29. The van der Waals surface area contributed by atoms with Crippen molar-refractivity contribution in [2.75, 3.05) is 31.2 Å².